The molecule has 2 heterocycles. The van der Waals surface area contributed by atoms with Crippen molar-refractivity contribution in [1.29, 1.82) is 0 Å². The fourth-order valence-corrected chi connectivity index (χ4v) is 3.67. The summed E-state index contributed by atoms with van der Waals surface area (Å²) < 4.78 is 0. The Labute approximate surface area is 110 Å². The summed E-state index contributed by atoms with van der Waals surface area (Å²) in [5.41, 5.74) is 0. The summed E-state index contributed by atoms with van der Waals surface area (Å²) >= 11 is 0. The van der Waals surface area contributed by atoms with Crippen LogP contribution in [-0.2, 0) is 4.79 Å². The molecule has 3 rings (SSSR count). The van der Waals surface area contributed by atoms with Crippen LogP contribution in [0.3, 0.4) is 0 Å². The van der Waals surface area contributed by atoms with Crippen LogP contribution in [0.1, 0.15) is 32.1 Å². The van der Waals surface area contributed by atoms with Crippen LogP contribution in [-0.4, -0.2) is 37.0 Å². The van der Waals surface area contributed by atoms with E-state index in [9.17, 15) is 4.79 Å². The van der Waals surface area contributed by atoms with Gasteiger partial charge >= 0.3 is 0 Å². The summed E-state index contributed by atoms with van der Waals surface area (Å²) in [4.78, 5) is 14.5. The van der Waals surface area contributed by atoms with E-state index in [2.05, 4.69) is 10.2 Å². The lowest BCUT2D eigenvalue weighted by Gasteiger charge is -2.35. The number of carbonyl (C=O) groups excluding carboxylic acids is 1. The number of likely N-dealkylation sites (tertiary alicyclic amines) is 1. The molecule has 1 aliphatic carbocycles. The molecule has 0 aromatic heterocycles. The second-order valence-electron chi connectivity index (χ2n) is 5.73. The number of hydrogen-bond donors (Lipinski definition) is 1. The first kappa shape index (κ1) is 13.2. The van der Waals surface area contributed by atoms with E-state index in [0.717, 1.165) is 44.3 Å². The van der Waals surface area contributed by atoms with Gasteiger partial charge in [0.1, 0.15) is 0 Å². The number of fused-ring (bicyclic) bond motifs is 1. The van der Waals surface area contributed by atoms with Gasteiger partial charge in [-0.25, -0.2) is 0 Å². The van der Waals surface area contributed by atoms with Gasteiger partial charge in [0, 0.05) is 19.0 Å². The Balaban J connectivity index is 0.00000108. The molecule has 1 amide bonds. The fourth-order valence-electron chi connectivity index (χ4n) is 3.67. The quantitative estimate of drug-likeness (QED) is 0.776. The monoisotopic (exact) mass is 258 g/mol. The van der Waals surface area contributed by atoms with Crippen molar-refractivity contribution in [1.82, 2.24) is 10.2 Å². The van der Waals surface area contributed by atoms with Crippen molar-refractivity contribution in [2.75, 3.05) is 26.2 Å². The summed E-state index contributed by atoms with van der Waals surface area (Å²) in [5, 5.41) is 3.46. The van der Waals surface area contributed by atoms with Crippen LogP contribution in [0.15, 0.2) is 0 Å². The third-order valence-corrected chi connectivity index (χ3v) is 4.72. The third-order valence-electron chi connectivity index (χ3n) is 4.72. The molecule has 0 spiro atoms. The van der Waals surface area contributed by atoms with Crippen LogP contribution in [0, 0.1) is 17.8 Å². The fraction of sp³-hybridized carbons (Fsp3) is 0.923. The van der Waals surface area contributed by atoms with Crippen molar-refractivity contribution in [3.8, 4) is 0 Å². The molecule has 0 radical (unpaired) electrons. The average Bonchev–Trinajstić information content (AvgIpc) is 2.98. The van der Waals surface area contributed by atoms with Crippen LogP contribution in [0.4, 0.5) is 0 Å². The molecular weight excluding hydrogens is 236 g/mol. The molecule has 2 unspecified atom stereocenters. The topological polar surface area (TPSA) is 32.3 Å². The molecule has 2 saturated heterocycles. The molecule has 2 aliphatic heterocycles. The van der Waals surface area contributed by atoms with Crippen LogP contribution >= 0.6 is 12.4 Å². The Morgan fingerprint density at radius 1 is 1.06 bits per heavy atom. The predicted octanol–water partition coefficient (Wildman–Crippen LogP) is 1.67. The van der Waals surface area contributed by atoms with E-state index >= 15 is 0 Å². The van der Waals surface area contributed by atoms with E-state index in [1.807, 2.05) is 0 Å². The Morgan fingerprint density at radius 2 is 1.76 bits per heavy atom. The molecule has 0 bridgehead atoms. The lowest BCUT2D eigenvalue weighted by molar-refractivity contribution is -0.137. The summed E-state index contributed by atoms with van der Waals surface area (Å²) in [6.07, 6.45) is 6.02. The lowest BCUT2D eigenvalue weighted by atomic mass is 9.88. The molecular formula is C13H23ClN2O. The van der Waals surface area contributed by atoms with Gasteiger partial charge in [-0.15, -0.1) is 12.4 Å². The zero-order valence-corrected chi connectivity index (χ0v) is 11.2. The van der Waals surface area contributed by atoms with Crippen LogP contribution in [0.5, 0.6) is 0 Å². The number of hydrogen-bond acceptors (Lipinski definition) is 2. The summed E-state index contributed by atoms with van der Waals surface area (Å²) in [6.45, 7) is 4.33. The van der Waals surface area contributed by atoms with E-state index in [0.29, 0.717) is 11.8 Å². The zero-order chi connectivity index (χ0) is 11.0. The van der Waals surface area contributed by atoms with Crippen molar-refractivity contribution in [2.45, 2.75) is 32.1 Å². The van der Waals surface area contributed by atoms with E-state index in [1.165, 1.54) is 25.8 Å². The molecule has 17 heavy (non-hydrogen) atoms. The number of carbonyl (C=O) groups is 1. The second-order valence-corrected chi connectivity index (χ2v) is 5.73. The summed E-state index contributed by atoms with van der Waals surface area (Å²) in [7, 11) is 0. The van der Waals surface area contributed by atoms with Gasteiger partial charge in [-0.2, -0.15) is 0 Å². The van der Waals surface area contributed by atoms with E-state index < -0.39 is 0 Å². The summed E-state index contributed by atoms with van der Waals surface area (Å²) in [6, 6.07) is 0. The van der Waals surface area contributed by atoms with Crippen LogP contribution < -0.4 is 5.32 Å². The van der Waals surface area contributed by atoms with E-state index in [4.69, 9.17) is 0 Å². The van der Waals surface area contributed by atoms with Gasteiger partial charge in [0.2, 0.25) is 5.91 Å². The average molecular weight is 259 g/mol. The highest BCUT2D eigenvalue weighted by Gasteiger charge is 2.36. The minimum absolute atomic E-state index is 0. The smallest absolute Gasteiger partial charge is 0.225 e. The van der Waals surface area contributed by atoms with Crippen molar-refractivity contribution in [3.63, 3.8) is 0 Å². The van der Waals surface area contributed by atoms with E-state index in [-0.39, 0.29) is 12.4 Å². The number of piperidine rings is 1. The van der Waals surface area contributed by atoms with Crippen molar-refractivity contribution in [2.24, 2.45) is 17.8 Å². The molecule has 1 N–H and O–H groups in total. The van der Waals surface area contributed by atoms with Gasteiger partial charge in [0.15, 0.2) is 0 Å². The highest BCUT2D eigenvalue weighted by molar-refractivity contribution is 5.85. The Morgan fingerprint density at radius 3 is 2.53 bits per heavy atom. The van der Waals surface area contributed by atoms with Gasteiger partial charge in [0.25, 0.3) is 0 Å². The third kappa shape index (κ3) is 2.60. The highest BCUT2D eigenvalue weighted by Crippen LogP contribution is 2.31. The van der Waals surface area contributed by atoms with Gasteiger partial charge < -0.3 is 10.2 Å². The predicted molar refractivity (Wildman–Crippen MR) is 70.3 cm³/mol. The Kier molecular flexibility index (Phi) is 4.31. The molecule has 3 nitrogen and oxygen atoms in total. The molecule has 98 valence electrons. The SMILES string of the molecule is Cl.O=C(C1CCCC1)N1CCC2CNCC2C1. The normalized spacial score (nSPS) is 33.3. The molecule has 0 aromatic rings. The van der Waals surface area contributed by atoms with Crippen molar-refractivity contribution in [3.05, 3.63) is 0 Å². The first-order valence-corrected chi connectivity index (χ1v) is 6.84. The molecule has 0 aromatic carbocycles. The molecule has 3 fully saturated rings. The van der Waals surface area contributed by atoms with Gasteiger partial charge in [-0.1, -0.05) is 12.8 Å². The molecule has 2 atom stereocenters. The Bertz CT molecular complexity index is 279. The number of nitrogens with zero attached hydrogens (tertiary/aromatic N) is 1. The first-order chi connectivity index (χ1) is 7.84. The highest BCUT2D eigenvalue weighted by atomic mass is 35.5. The molecule has 4 heteroatoms. The maximum absolute atomic E-state index is 12.3. The van der Waals surface area contributed by atoms with E-state index in [1.54, 1.807) is 0 Å². The Hall–Kier alpha value is -0.280. The lowest BCUT2D eigenvalue weighted by Crippen LogP contribution is -2.45. The van der Waals surface area contributed by atoms with Gasteiger partial charge in [-0.3, -0.25) is 4.79 Å². The summed E-state index contributed by atoms with van der Waals surface area (Å²) in [5.74, 6) is 2.40. The van der Waals surface area contributed by atoms with Gasteiger partial charge in [0.05, 0.1) is 0 Å². The zero-order valence-electron chi connectivity index (χ0n) is 10.4. The minimum Gasteiger partial charge on any atom is -0.342 e. The number of rotatable bonds is 1. The van der Waals surface area contributed by atoms with Crippen LogP contribution in [0.2, 0.25) is 0 Å². The standard InChI is InChI=1S/C13H22N2O.ClH/c16-13(10-3-1-2-4-10)15-6-5-11-7-14-8-12(11)9-15;/h10-12,14H,1-9H2;1H. The maximum Gasteiger partial charge on any atom is 0.225 e. The molecule has 3 aliphatic rings. The van der Waals surface area contributed by atoms with Gasteiger partial charge in [-0.05, 0) is 44.2 Å². The number of amides is 1. The number of nitrogens with one attached hydrogen (secondary N) is 1. The second kappa shape index (κ2) is 5.57. The minimum atomic E-state index is 0. The van der Waals surface area contributed by atoms with Crippen LogP contribution in [0.25, 0.3) is 0 Å². The largest absolute Gasteiger partial charge is 0.342 e. The molecule has 1 saturated carbocycles. The first-order valence-electron chi connectivity index (χ1n) is 6.84. The maximum atomic E-state index is 12.3. The van der Waals surface area contributed by atoms with Crippen molar-refractivity contribution >= 4 is 18.3 Å². The number of halogens is 1. The van der Waals surface area contributed by atoms with Crippen molar-refractivity contribution < 1.29 is 4.79 Å².